The second-order valence-electron chi connectivity index (χ2n) is 4.21. The molecule has 102 valence electrons. The van der Waals surface area contributed by atoms with E-state index in [-0.39, 0.29) is 6.61 Å². The van der Waals surface area contributed by atoms with E-state index in [1.54, 1.807) is 12.5 Å². The van der Waals surface area contributed by atoms with Gasteiger partial charge in [0.15, 0.2) is 12.4 Å². The van der Waals surface area contributed by atoms with E-state index in [9.17, 15) is 0 Å². The highest BCUT2D eigenvalue weighted by molar-refractivity contribution is 5.39. The van der Waals surface area contributed by atoms with E-state index in [0.717, 1.165) is 17.9 Å². The van der Waals surface area contributed by atoms with Crippen molar-refractivity contribution in [1.82, 2.24) is 19.7 Å². The molecule has 0 N–H and O–H groups in total. The number of aryl methyl sites for hydroxylation is 1. The zero-order valence-electron chi connectivity index (χ0n) is 11.1. The zero-order valence-corrected chi connectivity index (χ0v) is 11.1. The van der Waals surface area contributed by atoms with Gasteiger partial charge < -0.3 is 13.8 Å². The van der Waals surface area contributed by atoms with E-state index in [1.165, 1.54) is 0 Å². The third-order valence-corrected chi connectivity index (χ3v) is 2.81. The van der Waals surface area contributed by atoms with Crippen LogP contribution in [0.1, 0.15) is 18.6 Å². The molecule has 6 nitrogen and oxygen atoms in total. The Balaban J connectivity index is 1.70. The Morgan fingerprint density at radius 1 is 1.35 bits per heavy atom. The Kier molecular flexibility index (Phi) is 3.45. The van der Waals surface area contributed by atoms with Crippen molar-refractivity contribution in [3.63, 3.8) is 0 Å². The third-order valence-electron chi connectivity index (χ3n) is 2.81. The van der Waals surface area contributed by atoms with Crippen molar-refractivity contribution in [3.05, 3.63) is 54.7 Å². The maximum atomic E-state index is 5.66. The molecule has 0 saturated heterocycles. The van der Waals surface area contributed by atoms with Crippen LogP contribution in [0.2, 0.25) is 0 Å². The van der Waals surface area contributed by atoms with Crippen LogP contribution >= 0.6 is 0 Å². The minimum absolute atomic E-state index is 0.264. The number of benzene rings is 1. The monoisotopic (exact) mass is 270 g/mol. The molecular formula is C14H14N4O2. The van der Waals surface area contributed by atoms with Crippen LogP contribution in [0.15, 0.2) is 47.5 Å². The van der Waals surface area contributed by atoms with Crippen LogP contribution < -0.4 is 4.74 Å². The molecule has 0 spiro atoms. The van der Waals surface area contributed by atoms with Crippen molar-refractivity contribution in [2.45, 2.75) is 20.0 Å². The molecule has 6 heteroatoms. The molecule has 1 aromatic carbocycles. The first-order valence-electron chi connectivity index (χ1n) is 6.38. The molecule has 0 saturated carbocycles. The Labute approximate surface area is 116 Å². The number of hydrogen-bond acceptors (Lipinski definition) is 5. The van der Waals surface area contributed by atoms with Gasteiger partial charge in [0.05, 0.1) is 12.0 Å². The first kappa shape index (κ1) is 12.4. The van der Waals surface area contributed by atoms with Crippen LogP contribution in [-0.2, 0) is 13.0 Å². The molecule has 2 aromatic heterocycles. The summed E-state index contributed by atoms with van der Waals surface area (Å²) < 4.78 is 12.6. The average Bonchev–Trinajstić information content (AvgIpc) is 3.17. The molecule has 0 fully saturated rings. The summed E-state index contributed by atoms with van der Waals surface area (Å²) in [7, 11) is 0. The number of imidazole rings is 1. The predicted molar refractivity (Wildman–Crippen MR) is 71.6 cm³/mol. The Bertz CT molecular complexity index is 676. The minimum atomic E-state index is 0.264. The zero-order chi connectivity index (χ0) is 13.8. The summed E-state index contributed by atoms with van der Waals surface area (Å²) in [6.07, 6.45) is 6.10. The van der Waals surface area contributed by atoms with Gasteiger partial charge in [0, 0.05) is 24.9 Å². The second-order valence-corrected chi connectivity index (χ2v) is 4.21. The molecule has 0 amide bonds. The molecule has 0 aliphatic heterocycles. The van der Waals surface area contributed by atoms with Gasteiger partial charge in [0.25, 0.3) is 5.89 Å². The lowest BCUT2D eigenvalue weighted by Crippen LogP contribution is -1.97. The number of hydrogen-bond donors (Lipinski definition) is 0. The summed E-state index contributed by atoms with van der Waals surface area (Å²) in [5.74, 6) is 1.91. The van der Waals surface area contributed by atoms with Crippen molar-refractivity contribution >= 4 is 0 Å². The molecular weight excluding hydrogens is 256 g/mol. The van der Waals surface area contributed by atoms with Gasteiger partial charge in [-0.2, -0.15) is 4.98 Å². The fraction of sp³-hybridized carbons (Fsp3) is 0.214. The van der Waals surface area contributed by atoms with E-state index < -0.39 is 0 Å². The maximum Gasteiger partial charge on any atom is 0.264 e. The van der Waals surface area contributed by atoms with Crippen LogP contribution in [0.5, 0.6) is 5.75 Å². The number of rotatable bonds is 5. The fourth-order valence-corrected chi connectivity index (χ4v) is 1.78. The molecule has 3 rings (SSSR count). The van der Waals surface area contributed by atoms with Crippen molar-refractivity contribution in [1.29, 1.82) is 0 Å². The standard InChI is InChI=1S/C14H14N4O2/c1-2-13-16-14(20-17-13)9-19-12-5-3-4-11(8-12)18-7-6-15-10-18/h3-8,10H,2,9H2,1H3. The lowest BCUT2D eigenvalue weighted by molar-refractivity contribution is 0.242. The smallest absolute Gasteiger partial charge is 0.264 e. The molecule has 0 atom stereocenters. The largest absolute Gasteiger partial charge is 0.484 e. The Morgan fingerprint density at radius 3 is 3.05 bits per heavy atom. The van der Waals surface area contributed by atoms with Gasteiger partial charge in [-0.1, -0.05) is 18.1 Å². The second kappa shape index (κ2) is 5.56. The number of ether oxygens (including phenoxy) is 1. The van der Waals surface area contributed by atoms with Crippen molar-refractivity contribution < 1.29 is 9.26 Å². The predicted octanol–water partition coefficient (Wildman–Crippen LogP) is 2.40. The highest BCUT2D eigenvalue weighted by atomic mass is 16.5. The third kappa shape index (κ3) is 2.69. The normalized spacial score (nSPS) is 10.7. The summed E-state index contributed by atoms with van der Waals surface area (Å²) in [6.45, 7) is 2.24. The first-order chi connectivity index (χ1) is 9.85. The molecule has 3 aromatic rings. The highest BCUT2D eigenvalue weighted by Crippen LogP contribution is 2.17. The molecule has 0 unspecified atom stereocenters. The fourth-order valence-electron chi connectivity index (χ4n) is 1.78. The van der Waals surface area contributed by atoms with Crippen LogP contribution in [0.4, 0.5) is 0 Å². The first-order valence-corrected chi connectivity index (χ1v) is 6.38. The van der Waals surface area contributed by atoms with E-state index in [4.69, 9.17) is 9.26 Å². The Morgan fingerprint density at radius 2 is 2.30 bits per heavy atom. The van der Waals surface area contributed by atoms with Gasteiger partial charge in [0.1, 0.15) is 5.75 Å². The van der Waals surface area contributed by atoms with E-state index in [1.807, 2.05) is 42.0 Å². The van der Waals surface area contributed by atoms with Gasteiger partial charge in [-0.3, -0.25) is 0 Å². The number of aromatic nitrogens is 4. The molecule has 0 radical (unpaired) electrons. The van der Waals surface area contributed by atoms with Crippen molar-refractivity contribution in [2.24, 2.45) is 0 Å². The summed E-state index contributed by atoms with van der Waals surface area (Å²) in [5, 5.41) is 3.83. The van der Waals surface area contributed by atoms with Gasteiger partial charge in [-0.25, -0.2) is 4.98 Å². The Hall–Kier alpha value is -2.63. The quantitative estimate of drug-likeness (QED) is 0.712. The summed E-state index contributed by atoms with van der Waals surface area (Å²) in [6, 6.07) is 7.72. The van der Waals surface area contributed by atoms with Gasteiger partial charge in [0.2, 0.25) is 0 Å². The van der Waals surface area contributed by atoms with Gasteiger partial charge >= 0.3 is 0 Å². The molecule has 0 aliphatic carbocycles. The SMILES string of the molecule is CCc1noc(COc2cccc(-n3ccnc3)c2)n1. The lowest BCUT2D eigenvalue weighted by Gasteiger charge is -2.06. The van der Waals surface area contributed by atoms with E-state index in [0.29, 0.717) is 11.7 Å². The molecule has 20 heavy (non-hydrogen) atoms. The lowest BCUT2D eigenvalue weighted by atomic mass is 10.3. The number of nitrogens with zero attached hydrogens (tertiary/aromatic N) is 4. The molecule has 0 aliphatic rings. The summed E-state index contributed by atoms with van der Waals surface area (Å²) >= 11 is 0. The summed E-state index contributed by atoms with van der Waals surface area (Å²) in [5.41, 5.74) is 0.986. The van der Waals surface area contributed by atoms with Crippen molar-refractivity contribution in [3.8, 4) is 11.4 Å². The van der Waals surface area contributed by atoms with Gasteiger partial charge in [-0.15, -0.1) is 0 Å². The van der Waals surface area contributed by atoms with E-state index >= 15 is 0 Å². The van der Waals surface area contributed by atoms with E-state index in [2.05, 4.69) is 15.1 Å². The van der Waals surface area contributed by atoms with Crippen LogP contribution in [0, 0.1) is 0 Å². The average molecular weight is 270 g/mol. The topological polar surface area (TPSA) is 66.0 Å². The molecule has 0 bridgehead atoms. The van der Waals surface area contributed by atoms with Gasteiger partial charge in [-0.05, 0) is 12.1 Å². The van der Waals surface area contributed by atoms with Crippen LogP contribution in [0.25, 0.3) is 5.69 Å². The molecule has 2 heterocycles. The highest BCUT2D eigenvalue weighted by Gasteiger charge is 2.06. The van der Waals surface area contributed by atoms with Crippen LogP contribution in [0.3, 0.4) is 0 Å². The minimum Gasteiger partial charge on any atom is -0.484 e. The maximum absolute atomic E-state index is 5.66. The summed E-state index contributed by atoms with van der Waals surface area (Å²) in [4.78, 5) is 8.22. The van der Waals surface area contributed by atoms with Crippen molar-refractivity contribution in [2.75, 3.05) is 0 Å². The van der Waals surface area contributed by atoms with Crippen LogP contribution in [-0.4, -0.2) is 19.7 Å².